The van der Waals surface area contributed by atoms with Crippen LogP contribution in [0.4, 0.5) is 5.69 Å². The topological polar surface area (TPSA) is 113 Å². The van der Waals surface area contributed by atoms with Crippen LogP contribution in [0.25, 0.3) is 16.5 Å². The lowest BCUT2D eigenvalue weighted by molar-refractivity contribution is -0.384. The van der Waals surface area contributed by atoms with Crippen molar-refractivity contribution < 1.29 is 14.4 Å². The number of thiazole rings is 1. The highest BCUT2D eigenvalue weighted by Crippen LogP contribution is 2.41. The van der Waals surface area contributed by atoms with E-state index in [0.717, 1.165) is 38.3 Å². The van der Waals surface area contributed by atoms with Crippen molar-refractivity contribution in [3.8, 4) is 17.5 Å². The Kier molecular flexibility index (Phi) is 5.37. The standard InChI is InChI=1S/C21H22N6O4S/c1-2-24-9-11-25(12-10-24)17(14-5-7-15(8-6-14)27(29)30)18-20(28)26-21(32-18)22-19(23-26)16-4-3-13-31-16/h3-8,13,17,28H,2,9-12H2,1H3. The van der Waals surface area contributed by atoms with E-state index in [0.29, 0.717) is 21.4 Å². The van der Waals surface area contributed by atoms with E-state index in [1.165, 1.54) is 28.0 Å². The molecule has 166 valence electrons. The third-order valence-electron chi connectivity index (χ3n) is 5.83. The van der Waals surface area contributed by atoms with Crippen molar-refractivity contribution in [3.05, 3.63) is 63.2 Å². The molecule has 1 aliphatic rings. The van der Waals surface area contributed by atoms with E-state index in [9.17, 15) is 15.2 Å². The number of piperazine rings is 1. The zero-order valence-electron chi connectivity index (χ0n) is 17.4. The Balaban J connectivity index is 1.55. The fourth-order valence-corrected chi connectivity index (χ4v) is 5.20. The average Bonchev–Trinajstić information content (AvgIpc) is 3.54. The van der Waals surface area contributed by atoms with Gasteiger partial charge in [-0.15, -0.1) is 5.10 Å². The molecule has 1 fully saturated rings. The van der Waals surface area contributed by atoms with E-state index in [4.69, 9.17) is 4.42 Å². The number of likely N-dealkylation sites (N-methyl/N-ethyl adjacent to an activating group) is 1. The molecule has 0 aliphatic carbocycles. The molecule has 0 amide bonds. The Morgan fingerprint density at radius 2 is 1.97 bits per heavy atom. The number of aromatic nitrogens is 3. The number of benzene rings is 1. The number of nitrogens with zero attached hydrogens (tertiary/aromatic N) is 6. The summed E-state index contributed by atoms with van der Waals surface area (Å²) in [7, 11) is 0. The minimum absolute atomic E-state index is 0.0246. The molecule has 4 aromatic rings. The number of hydrogen-bond donors (Lipinski definition) is 1. The molecule has 1 aromatic carbocycles. The normalized spacial score (nSPS) is 16.5. The maximum absolute atomic E-state index is 11.1. The van der Waals surface area contributed by atoms with E-state index >= 15 is 0 Å². The molecule has 0 saturated carbocycles. The van der Waals surface area contributed by atoms with Gasteiger partial charge in [-0.2, -0.15) is 9.50 Å². The van der Waals surface area contributed by atoms with Crippen LogP contribution in [0.15, 0.2) is 47.1 Å². The molecule has 3 aromatic heterocycles. The van der Waals surface area contributed by atoms with Gasteiger partial charge in [-0.25, -0.2) is 0 Å². The summed E-state index contributed by atoms with van der Waals surface area (Å²) in [6.45, 7) is 6.62. The van der Waals surface area contributed by atoms with Gasteiger partial charge in [0.05, 0.1) is 22.1 Å². The Morgan fingerprint density at radius 3 is 2.56 bits per heavy atom. The molecular weight excluding hydrogens is 432 g/mol. The predicted octanol–water partition coefficient (Wildman–Crippen LogP) is 3.39. The van der Waals surface area contributed by atoms with Crippen LogP contribution in [0, 0.1) is 10.1 Å². The highest BCUT2D eigenvalue weighted by Gasteiger charge is 2.32. The third-order valence-corrected chi connectivity index (χ3v) is 6.90. The van der Waals surface area contributed by atoms with Gasteiger partial charge < -0.3 is 14.4 Å². The lowest BCUT2D eigenvalue weighted by atomic mass is 10.0. The van der Waals surface area contributed by atoms with Crippen LogP contribution < -0.4 is 0 Å². The highest BCUT2D eigenvalue weighted by atomic mass is 32.1. The number of fused-ring (bicyclic) bond motifs is 1. The molecule has 1 saturated heterocycles. The summed E-state index contributed by atoms with van der Waals surface area (Å²) in [6.07, 6.45) is 1.55. The number of hydrogen-bond acceptors (Lipinski definition) is 9. The first-order valence-electron chi connectivity index (χ1n) is 10.4. The number of rotatable bonds is 6. The van der Waals surface area contributed by atoms with Crippen molar-refractivity contribution in [2.45, 2.75) is 13.0 Å². The maximum Gasteiger partial charge on any atom is 0.269 e. The fourth-order valence-electron chi connectivity index (χ4n) is 4.08. The molecule has 11 heteroatoms. The van der Waals surface area contributed by atoms with Gasteiger partial charge in [-0.1, -0.05) is 30.4 Å². The van der Waals surface area contributed by atoms with Crippen LogP contribution in [0.5, 0.6) is 5.88 Å². The zero-order chi connectivity index (χ0) is 22.2. The molecule has 0 bridgehead atoms. The SMILES string of the molecule is CCN1CCN(C(c2ccc([N+](=O)[O-])cc2)c2sc3nc(-c4ccco4)nn3c2O)CC1. The average molecular weight is 455 g/mol. The first-order valence-corrected chi connectivity index (χ1v) is 11.2. The van der Waals surface area contributed by atoms with Crippen LogP contribution in [-0.2, 0) is 0 Å². The number of non-ortho nitro benzene ring substituents is 1. The summed E-state index contributed by atoms with van der Waals surface area (Å²) < 4.78 is 6.80. The van der Waals surface area contributed by atoms with Gasteiger partial charge in [0.25, 0.3) is 5.69 Å². The van der Waals surface area contributed by atoms with Crippen LogP contribution in [0.1, 0.15) is 23.4 Å². The van der Waals surface area contributed by atoms with Gasteiger partial charge >= 0.3 is 0 Å². The molecule has 32 heavy (non-hydrogen) atoms. The monoisotopic (exact) mass is 454 g/mol. The third kappa shape index (κ3) is 3.64. The van der Waals surface area contributed by atoms with Gasteiger partial charge in [0.15, 0.2) is 5.76 Å². The van der Waals surface area contributed by atoms with E-state index in [-0.39, 0.29) is 17.6 Å². The Hall–Kier alpha value is -3.28. The largest absolute Gasteiger partial charge is 0.492 e. The molecule has 1 aliphatic heterocycles. The van der Waals surface area contributed by atoms with E-state index in [2.05, 4.69) is 26.8 Å². The molecule has 0 radical (unpaired) electrons. The van der Waals surface area contributed by atoms with Crippen LogP contribution in [0.2, 0.25) is 0 Å². The predicted molar refractivity (Wildman–Crippen MR) is 119 cm³/mol. The second-order valence-corrected chi connectivity index (χ2v) is 8.63. The van der Waals surface area contributed by atoms with Crippen LogP contribution in [0.3, 0.4) is 0 Å². The number of nitro benzene ring substituents is 1. The summed E-state index contributed by atoms with van der Waals surface area (Å²) in [5.41, 5.74) is 0.921. The molecule has 1 N–H and O–H groups in total. The Morgan fingerprint density at radius 1 is 1.22 bits per heavy atom. The second-order valence-electron chi connectivity index (χ2n) is 7.62. The molecule has 5 rings (SSSR count). The second kappa shape index (κ2) is 8.34. The van der Waals surface area contributed by atoms with Gasteiger partial charge in [0, 0.05) is 38.3 Å². The minimum atomic E-state index is -0.407. The summed E-state index contributed by atoms with van der Waals surface area (Å²) in [5.74, 6) is 0.965. The van der Waals surface area contributed by atoms with Crippen molar-refractivity contribution >= 4 is 22.0 Å². The number of nitro groups is 1. The van der Waals surface area contributed by atoms with Crippen molar-refractivity contribution in [2.75, 3.05) is 32.7 Å². The summed E-state index contributed by atoms with van der Waals surface area (Å²) in [4.78, 5) is 21.2. The zero-order valence-corrected chi connectivity index (χ0v) is 18.2. The fraction of sp³-hybridized carbons (Fsp3) is 0.333. The first-order chi connectivity index (χ1) is 15.5. The van der Waals surface area contributed by atoms with E-state index < -0.39 is 4.92 Å². The van der Waals surface area contributed by atoms with Crippen LogP contribution in [-0.4, -0.2) is 67.2 Å². The Bertz CT molecular complexity index is 1230. The van der Waals surface area contributed by atoms with Crippen LogP contribution >= 0.6 is 11.3 Å². The Labute approximate surface area is 187 Å². The van der Waals surface area contributed by atoms with E-state index in [1.807, 2.05) is 0 Å². The molecule has 10 nitrogen and oxygen atoms in total. The quantitative estimate of drug-likeness (QED) is 0.348. The van der Waals surface area contributed by atoms with Crippen molar-refractivity contribution in [1.29, 1.82) is 0 Å². The van der Waals surface area contributed by atoms with Gasteiger partial charge in [0.1, 0.15) is 0 Å². The van der Waals surface area contributed by atoms with Crippen molar-refractivity contribution in [2.24, 2.45) is 0 Å². The van der Waals surface area contributed by atoms with Gasteiger partial charge in [-0.3, -0.25) is 15.0 Å². The molecule has 0 spiro atoms. The minimum Gasteiger partial charge on any atom is -0.492 e. The molecule has 1 atom stereocenters. The summed E-state index contributed by atoms with van der Waals surface area (Å²) >= 11 is 1.36. The molecular formula is C21H22N6O4S. The summed E-state index contributed by atoms with van der Waals surface area (Å²) in [5, 5.41) is 26.6. The first kappa shape index (κ1) is 20.6. The number of furan rings is 1. The van der Waals surface area contributed by atoms with Crippen molar-refractivity contribution in [3.63, 3.8) is 0 Å². The smallest absolute Gasteiger partial charge is 0.269 e. The van der Waals surface area contributed by atoms with Gasteiger partial charge in [0.2, 0.25) is 16.7 Å². The summed E-state index contributed by atoms with van der Waals surface area (Å²) in [6, 6.07) is 9.81. The maximum atomic E-state index is 11.1. The molecule has 1 unspecified atom stereocenters. The lowest BCUT2D eigenvalue weighted by Crippen LogP contribution is -2.47. The number of aromatic hydroxyl groups is 1. The van der Waals surface area contributed by atoms with Gasteiger partial charge in [-0.05, 0) is 24.2 Å². The highest BCUT2D eigenvalue weighted by molar-refractivity contribution is 7.17. The lowest BCUT2D eigenvalue weighted by Gasteiger charge is -2.38. The van der Waals surface area contributed by atoms with Crippen molar-refractivity contribution in [1.82, 2.24) is 24.4 Å². The molecule has 4 heterocycles. The van der Waals surface area contributed by atoms with E-state index in [1.54, 1.807) is 30.5 Å².